The van der Waals surface area contributed by atoms with E-state index >= 15 is 0 Å². The first-order valence-electron chi connectivity index (χ1n) is 4.92. The van der Waals surface area contributed by atoms with Gasteiger partial charge in [0, 0.05) is 6.42 Å². The molecule has 1 N–H and O–H groups in total. The van der Waals surface area contributed by atoms with Crippen LogP contribution < -0.4 is 0 Å². The molecule has 0 aromatic heterocycles. The third-order valence-corrected chi connectivity index (χ3v) is 2.69. The number of rotatable bonds is 2. The van der Waals surface area contributed by atoms with Crippen molar-refractivity contribution in [1.29, 1.82) is 0 Å². The van der Waals surface area contributed by atoms with Gasteiger partial charge in [-0.2, -0.15) is 0 Å². The van der Waals surface area contributed by atoms with Crippen molar-refractivity contribution < 1.29 is 5.11 Å². The van der Waals surface area contributed by atoms with Crippen LogP contribution in [0.25, 0.3) is 0 Å². The predicted octanol–water partition coefficient (Wildman–Crippen LogP) is 2.34. The van der Waals surface area contributed by atoms with Gasteiger partial charge in [-0.15, -0.1) is 11.8 Å². The molecule has 68 valence electrons. The van der Waals surface area contributed by atoms with Crippen molar-refractivity contribution in [1.82, 2.24) is 0 Å². The number of aliphatic hydroxyl groups is 1. The zero-order valence-corrected chi connectivity index (χ0v) is 7.84. The van der Waals surface area contributed by atoms with E-state index in [1.807, 2.05) is 6.92 Å². The fourth-order valence-electron chi connectivity index (χ4n) is 1.91. The monoisotopic (exact) mass is 166 g/mol. The molecule has 0 saturated heterocycles. The Kier molecular flexibility index (Phi) is 4.18. The first-order chi connectivity index (χ1) is 5.84. The van der Waals surface area contributed by atoms with Gasteiger partial charge in [-0.25, -0.2) is 0 Å². The summed E-state index contributed by atoms with van der Waals surface area (Å²) in [5.74, 6) is 6.47. The highest BCUT2D eigenvalue weighted by atomic mass is 16.3. The maximum atomic E-state index is 9.62. The van der Waals surface area contributed by atoms with Crippen LogP contribution in [-0.4, -0.2) is 11.2 Å². The fourth-order valence-corrected chi connectivity index (χ4v) is 1.91. The molecule has 1 aliphatic rings. The van der Waals surface area contributed by atoms with Crippen molar-refractivity contribution in [2.24, 2.45) is 5.92 Å². The van der Waals surface area contributed by atoms with E-state index in [0.717, 1.165) is 19.3 Å². The van der Waals surface area contributed by atoms with Crippen LogP contribution in [-0.2, 0) is 0 Å². The first kappa shape index (κ1) is 9.61. The third kappa shape index (κ3) is 2.87. The maximum Gasteiger partial charge on any atom is 0.0568 e. The van der Waals surface area contributed by atoms with Crippen LogP contribution in [0.4, 0.5) is 0 Å². The van der Waals surface area contributed by atoms with Gasteiger partial charge in [-0.05, 0) is 32.1 Å². The van der Waals surface area contributed by atoms with Crippen molar-refractivity contribution in [3.63, 3.8) is 0 Å². The van der Waals surface area contributed by atoms with Crippen LogP contribution in [0.1, 0.15) is 45.4 Å². The van der Waals surface area contributed by atoms with Crippen molar-refractivity contribution in [3.8, 4) is 11.8 Å². The minimum Gasteiger partial charge on any atom is -0.393 e. The van der Waals surface area contributed by atoms with E-state index < -0.39 is 0 Å². The summed E-state index contributed by atoms with van der Waals surface area (Å²) < 4.78 is 0. The molecule has 1 fully saturated rings. The fraction of sp³-hybridized carbons (Fsp3) is 0.818. The van der Waals surface area contributed by atoms with Crippen LogP contribution in [0, 0.1) is 17.8 Å². The van der Waals surface area contributed by atoms with Gasteiger partial charge in [0.15, 0.2) is 0 Å². The lowest BCUT2D eigenvalue weighted by Gasteiger charge is -2.26. The van der Waals surface area contributed by atoms with Crippen molar-refractivity contribution >= 4 is 0 Å². The molecule has 2 unspecified atom stereocenters. The third-order valence-electron chi connectivity index (χ3n) is 2.69. The number of hydrogen-bond donors (Lipinski definition) is 1. The summed E-state index contributed by atoms with van der Waals surface area (Å²) in [7, 11) is 0. The molecule has 0 spiro atoms. The van der Waals surface area contributed by atoms with E-state index in [-0.39, 0.29) is 6.10 Å². The van der Waals surface area contributed by atoms with Crippen LogP contribution in [0.15, 0.2) is 0 Å². The van der Waals surface area contributed by atoms with Crippen molar-refractivity contribution in [2.45, 2.75) is 51.6 Å². The molecule has 12 heavy (non-hydrogen) atoms. The Morgan fingerprint density at radius 1 is 1.33 bits per heavy atom. The lowest BCUT2D eigenvalue weighted by Crippen LogP contribution is -2.24. The summed E-state index contributed by atoms with van der Waals surface area (Å²) in [6, 6.07) is 0. The number of aliphatic hydroxyl groups excluding tert-OH is 1. The molecule has 0 amide bonds. The molecular weight excluding hydrogens is 148 g/mol. The summed E-state index contributed by atoms with van der Waals surface area (Å²) in [4.78, 5) is 0. The van der Waals surface area contributed by atoms with Gasteiger partial charge >= 0.3 is 0 Å². The van der Waals surface area contributed by atoms with Gasteiger partial charge in [0.25, 0.3) is 0 Å². The average molecular weight is 166 g/mol. The van der Waals surface area contributed by atoms with Gasteiger partial charge in [0.05, 0.1) is 6.10 Å². The normalized spacial score (nSPS) is 29.2. The second kappa shape index (κ2) is 5.22. The minimum atomic E-state index is -0.0441. The van der Waals surface area contributed by atoms with Crippen molar-refractivity contribution in [2.75, 3.05) is 0 Å². The Balaban J connectivity index is 2.23. The second-order valence-corrected chi connectivity index (χ2v) is 3.58. The minimum absolute atomic E-state index is 0.0441. The summed E-state index contributed by atoms with van der Waals surface area (Å²) >= 11 is 0. The van der Waals surface area contributed by atoms with Gasteiger partial charge in [-0.1, -0.05) is 12.8 Å². The highest BCUT2D eigenvalue weighted by Gasteiger charge is 2.21. The Hall–Kier alpha value is -0.480. The highest BCUT2D eigenvalue weighted by molar-refractivity contribution is 4.95. The number of hydrogen-bond acceptors (Lipinski definition) is 1. The molecule has 1 saturated carbocycles. The first-order valence-corrected chi connectivity index (χ1v) is 4.92. The zero-order chi connectivity index (χ0) is 8.81. The molecule has 0 radical (unpaired) electrons. The standard InChI is InChI=1S/C11H18O/c1-2-3-4-7-10-8-5-6-9-11(10)12/h10-12H,4-9H2,1H3. The summed E-state index contributed by atoms with van der Waals surface area (Å²) in [6.45, 7) is 1.87. The van der Waals surface area contributed by atoms with Gasteiger partial charge in [-0.3, -0.25) is 0 Å². The molecule has 0 aromatic carbocycles. The molecular formula is C11H18O. The molecule has 1 heteroatoms. The molecule has 0 bridgehead atoms. The molecule has 1 aliphatic carbocycles. The Labute approximate surface area is 75.2 Å². The van der Waals surface area contributed by atoms with E-state index in [0.29, 0.717) is 5.92 Å². The predicted molar refractivity (Wildman–Crippen MR) is 50.6 cm³/mol. The van der Waals surface area contributed by atoms with Crippen LogP contribution in [0.2, 0.25) is 0 Å². The lowest BCUT2D eigenvalue weighted by molar-refractivity contribution is 0.0662. The maximum absolute atomic E-state index is 9.62. The van der Waals surface area contributed by atoms with E-state index in [9.17, 15) is 5.11 Å². The van der Waals surface area contributed by atoms with E-state index in [4.69, 9.17) is 0 Å². The highest BCUT2D eigenvalue weighted by Crippen LogP contribution is 2.27. The van der Waals surface area contributed by atoms with Crippen LogP contribution in [0.3, 0.4) is 0 Å². The Bertz CT molecular complexity index is 175. The van der Waals surface area contributed by atoms with Gasteiger partial charge < -0.3 is 5.11 Å². The summed E-state index contributed by atoms with van der Waals surface area (Å²) in [6.07, 6.45) is 6.70. The zero-order valence-electron chi connectivity index (χ0n) is 7.84. The van der Waals surface area contributed by atoms with Gasteiger partial charge in [0.2, 0.25) is 0 Å². The molecule has 0 heterocycles. The molecule has 2 atom stereocenters. The SMILES string of the molecule is CC#CCCC1CCCCC1O. The molecule has 0 aromatic rings. The molecule has 0 aliphatic heterocycles. The van der Waals surface area contributed by atoms with E-state index in [1.165, 1.54) is 19.3 Å². The van der Waals surface area contributed by atoms with E-state index in [2.05, 4.69) is 11.8 Å². The Morgan fingerprint density at radius 3 is 2.75 bits per heavy atom. The van der Waals surface area contributed by atoms with Crippen LogP contribution >= 0.6 is 0 Å². The van der Waals surface area contributed by atoms with E-state index in [1.54, 1.807) is 0 Å². The van der Waals surface area contributed by atoms with Crippen LogP contribution in [0.5, 0.6) is 0 Å². The quantitative estimate of drug-likeness (QED) is 0.624. The summed E-state index contributed by atoms with van der Waals surface area (Å²) in [5, 5.41) is 9.62. The average Bonchev–Trinajstić information content (AvgIpc) is 2.09. The largest absolute Gasteiger partial charge is 0.393 e. The molecule has 1 nitrogen and oxygen atoms in total. The molecule has 1 rings (SSSR count). The second-order valence-electron chi connectivity index (χ2n) is 3.58. The Morgan fingerprint density at radius 2 is 2.08 bits per heavy atom. The summed E-state index contributed by atoms with van der Waals surface area (Å²) in [5.41, 5.74) is 0. The lowest BCUT2D eigenvalue weighted by atomic mass is 9.84. The van der Waals surface area contributed by atoms with Gasteiger partial charge in [0.1, 0.15) is 0 Å². The smallest absolute Gasteiger partial charge is 0.0568 e. The van der Waals surface area contributed by atoms with Crippen molar-refractivity contribution in [3.05, 3.63) is 0 Å². The topological polar surface area (TPSA) is 20.2 Å².